The number of amides is 3. The molecule has 3 fully saturated rings. The van der Waals surface area contributed by atoms with E-state index in [9.17, 15) is 18.4 Å². The van der Waals surface area contributed by atoms with Gasteiger partial charge in [-0.2, -0.15) is 5.10 Å². The highest BCUT2D eigenvalue weighted by Crippen LogP contribution is 2.36. The van der Waals surface area contributed by atoms with Gasteiger partial charge in [-0.15, -0.1) is 0 Å². The van der Waals surface area contributed by atoms with Gasteiger partial charge in [0.2, 0.25) is 11.8 Å². The number of pyridine rings is 1. The predicted molar refractivity (Wildman–Crippen MR) is 124 cm³/mol. The van der Waals surface area contributed by atoms with Gasteiger partial charge in [0.15, 0.2) is 0 Å². The summed E-state index contributed by atoms with van der Waals surface area (Å²) in [7, 11) is 1.51. The Morgan fingerprint density at radius 1 is 1.15 bits per heavy atom. The van der Waals surface area contributed by atoms with E-state index in [1.54, 1.807) is 15.6 Å². The van der Waals surface area contributed by atoms with Crippen LogP contribution in [0, 0.1) is 0 Å². The average Bonchev–Trinajstić information content (AvgIpc) is 3.21. The topological polar surface area (TPSA) is 64.4 Å². The van der Waals surface area contributed by atoms with Crippen LogP contribution in [0.25, 0.3) is 5.52 Å². The summed E-state index contributed by atoms with van der Waals surface area (Å²) < 4.78 is 28.9. The number of fused-ring (bicyclic) bond motifs is 1. The van der Waals surface area contributed by atoms with Gasteiger partial charge in [-0.25, -0.2) is 18.1 Å². The van der Waals surface area contributed by atoms with Crippen LogP contribution < -0.4 is 4.90 Å². The molecule has 3 aliphatic rings. The van der Waals surface area contributed by atoms with Gasteiger partial charge < -0.3 is 0 Å². The summed E-state index contributed by atoms with van der Waals surface area (Å²) >= 11 is 0. The van der Waals surface area contributed by atoms with Crippen molar-refractivity contribution in [1.29, 1.82) is 0 Å². The fraction of sp³-hybridized carbons (Fsp3) is 0.625. The number of halogens is 2. The smallest absolute Gasteiger partial charge is 0.296 e. The Bertz CT molecular complexity index is 1080. The number of carbonyl (C=O) groups is 2. The molecule has 8 nitrogen and oxygen atoms in total. The van der Waals surface area contributed by atoms with Crippen LogP contribution in [-0.2, 0) is 11.3 Å². The molecule has 5 rings (SSSR count). The Morgan fingerprint density at radius 3 is 2.65 bits per heavy atom. The maximum Gasteiger partial charge on any atom is 0.331 e. The average molecular weight is 475 g/mol. The number of carbonyl (C=O) groups excluding carboxylic acids is 2. The molecule has 4 heterocycles. The molecule has 3 amide bonds. The Labute approximate surface area is 198 Å². The van der Waals surface area contributed by atoms with E-state index in [2.05, 4.69) is 27.9 Å². The molecule has 34 heavy (non-hydrogen) atoms. The summed E-state index contributed by atoms with van der Waals surface area (Å²) in [5, 5.41) is 4.39. The van der Waals surface area contributed by atoms with Crippen LogP contribution in [0.4, 0.5) is 19.3 Å². The monoisotopic (exact) mass is 474 g/mol. The minimum absolute atomic E-state index is 0.00176. The van der Waals surface area contributed by atoms with E-state index >= 15 is 0 Å². The van der Waals surface area contributed by atoms with Gasteiger partial charge in [-0.3, -0.25) is 24.4 Å². The van der Waals surface area contributed by atoms with Crippen LogP contribution in [0.3, 0.4) is 0 Å². The van der Waals surface area contributed by atoms with E-state index in [1.807, 2.05) is 12.3 Å². The van der Waals surface area contributed by atoms with Crippen LogP contribution in [0.5, 0.6) is 0 Å². The minimum Gasteiger partial charge on any atom is -0.296 e. The molecule has 2 aliphatic heterocycles. The summed E-state index contributed by atoms with van der Waals surface area (Å²) in [6.45, 7) is 5.99. The Kier molecular flexibility index (Phi) is 6.05. The highest BCUT2D eigenvalue weighted by atomic mass is 19.3. The lowest BCUT2D eigenvalue weighted by Gasteiger charge is -2.46. The first-order valence-electron chi connectivity index (χ1n) is 12.1. The first kappa shape index (κ1) is 23.2. The highest BCUT2D eigenvalue weighted by Gasteiger charge is 2.39. The first-order valence-corrected chi connectivity index (χ1v) is 12.1. The van der Waals surface area contributed by atoms with E-state index < -0.39 is 5.92 Å². The van der Waals surface area contributed by atoms with Gasteiger partial charge in [0.1, 0.15) is 0 Å². The molecule has 1 atom stereocenters. The van der Waals surface area contributed by atoms with E-state index in [-0.39, 0.29) is 30.8 Å². The summed E-state index contributed by atoms with van der Waals surface area (Å²) in [4.78, 5) is 32.1. The van der Waals surface area contributed by atoms with Crippen molar-refractivity contribution in [1.82, 2.24) is 24.3 Å². The number of aromatic nitrogens is 2. The predicted octanol–water partition coefficient (Wildman–Crippen LogP) is 3.21. The number of hydrogen-bond donors (Lipinski definition) is 0. The lowest BCUT2D eigenvalue weighted by molar-refractivity contribution is -0.127. The van der Waals surface area contributed by atoms with Crippen molar-refractivity contribution in [3.05, 3.63) is 30.1 Å². The highest BCUT2D eigenvalue weighted by molar-refractivity contribution is 6.07. The van der Waals surface area contributed by atoms with Crippen LogP contribution in [0.1, 0.15) is 44.6 Å². The number of urea groups is 1. The fourth-order valence-corrected chi connectivity index (χ4v) is 5.65. The maximum absolute atomic E-state index is 13.6. The second kappa shape index (κ2) is 8.88. The standard InChI is InChI=1S/C24H32F2N6O2/c1-17-15-29(11-12-30(17)19-3-7-24(25,26)8-4-19)16-18-5-10-32-20(13-18)21(14-27-32)31-9-6-22(33)28(2)23(31)34/h5,10,13-14,17,19H,3-4,6-9,11-12,15-16H2,1-2H3/t17-/m0/s1. The quantitative estimate of drug-likeness (QED) is 0.681. The molecule has 1 saturated carbocycles. The van der Waals surface area contributed by atoms with Crippen LogP contribution >= 0.6 is 0 Å². The number of hydrogen-bond acceptors (Lipinski definition) is 5. The Balaban J connectivity index is 1.26. The summed E-state index contributed by atoms with van der Waals surface area (Å²) in [6.07, 6.45) is 5.03. The molecule has 2 aromatic heterocycles. The largest absolute Gasteiger partial charge is 0.331 e. The zero-order valence-electron chi connectivity index (χ0n) is 19.8. The Morgan fingerprint density at radius 2 is 1.91 bits per heavy atom. The van der Waals surface area contributed by atoms with E-state index in [0.29, 0.717) is 37.5 Å². The van der Waals surface area contributed by atoms with Crippen LogP contribution in [0.2, 0.25) is 0 Å². The van der Waals surface area contributed by atoms with Crippen molar-refractivity contribution in [3.63, 3.8) is 0 Å². The first-order chi connectivity index (χ1) is 16.2. The number of imide groups is 1. The van der Waals surface area contributed by atoms with Crippen molar-refractivity contribution in [3.8, 4) is 0 Å². The van der Waals surface area contributed by atoms with Crippen LogP contribution in [-0.4, -0.2) is 87.5 Å². The molecule has 2 saturated heterocycles. The molecular formula is C24H32F2N6O2. The number of nitrogens with zero attached hydrogens (tertiary/aromatic N) is 6. The second-order valence-electron chi connectivity index (χ2n) is 9.94. The molecule has 0 N–H and O–H groups in total. The molecule has 1 aliphatic carbocycles. The third-order valence-corrected chi connectivity index (χ3v) is 7.62. The van der Waals surface area contributed by atoms with Gasteiger partial charge in [0, 0.05) is 77.3 Å². The molecular weight excluding hydrogens is 442 g/mol. The van der Waals surface area contributed by atoms with E-state index in [0.717, 1.165) is 42.2 Å². The van der Waals surface area contributed by atoms with E-state index in [4.69, 9.17) is 0 Å². The maximum atomic E-state index is 13.6. The van der Waals surface area contributed by atoms with E-state index in [1.165, 1.54) is 7.05 Å². The summed E-state index contributed by atoms with van der Waals surface area (Å²) in [6, 6.07) is 4.35. The minimum atomic E-state index is -2.49. The van der Waals surface area contributed by atoms with Gasteiger partial charge in [-0.05, 0) is 37.5 Å². The number of piperazine rings is 1. The van der Waals surface area contributed by atoms with Gasteiger partial charge >= 0.3 is 6.03 Å². The molecule has 184 valence electrons. The Hall–Kier alpha value is -2.59. The van der Waals surface area contributed by atoms with Crippen molar-refractivity contribution >= 4 is 23.1 Å². The lowest BCUT2D eigenvalue weighted by Crippen LogP contribution is -2.56. The van der Waals surface area contributed by atoms with Crippen molar-refractivity contribution in [2.45, 2.75) is 63.6 Å². The zero-order valence-corrected chi connectivity index (χ0v) is 19.8. The summed E-state index contributed by atoms with van der Waals surface area (Å²) in [5.74, 6) is -2.66. The third kappa shape index (κ3) is 4.40. The number of alkyl halides is 2. The molecule has 2 aromatic rings. The van der Waals surface area contributed by atoms with Crippen molar-refractivity contribution in [2.75, 3.05) is 38.1 Å². The van der Waals surface area contributed by atoms with Gasteiger partial charge in [-0.1, -0.05) is 0 Å². The van der Waals surface area contributed by atoms with Gasteiger partial charge in [0.05, 0.1) is 17.4 Å². The number of rotatable bonds is 4. The zero-order chi connectivity index (χ0) is 24.0. The lowest BCUT2D eigenvalue weighted by atomic mass is 9.90. The molecule has 0 unspecified atom stereocenters. The molecule has 0 aromatic carbocycles. The molecule has 10 heteroatoms. The van der Waals surface area contributed by atoms with Crippen molar-refractivity contribution in [2.24, 2.45) is 0 Å². The SMILES string of the molecule is C[C@H]1CN(Cc2ccn3ncc(N4CCC(=O)N(C)C4=O)c3c2)CCN1C1CCC(F)(F)CC1. The summed E-state index contributed by atoms with van der Waals surface area (Å²) in [5.41, 5.74) is 2.67. The second-order valence-corrected chi connectivity index (χ2v) is 9.94. The number of anilines is 1. The molecule has 0 bridgehead atoms. The fourth-order valence-electron chi connectivity index (χ4n) is 5.65. The van der Waals surface area contributed by atoms with Crippen molar-refractivity contribution < 1.29 is 18.4 Å². The van der Waals surface area contributed by atoms with Gasteiger partial charge in [0.25, 0.3) is 0 Å². The third-order valence-electron chi connectivity index (χ3n) is 7.62. The normalized spacial score (nSPS) is 25.5. The molecule has 0 spiro atoms. The van der Waals surface area contributed by atoms with Crippen LogP contribution in [0.15, 0.2) is 24.5 Å². The molecule has 0 radical (unpaired) electrons.